The quantitative estimate of drug-likeness (QED) is 0.803. The summed E-state index contributed by atoms with van der Waals surface area (Å²) in [6, 6.07) is 2.70. The maximum atomic E-state index is 12.6. The van der Waals surface area contributed by atoms with Gasteiger partial charge in [0.25, 0.3) is 0 Å². The van der Waals surface area contributed by atoms with E-state index in [0.717, 1.165) is 44.0 Å². The number of aliphatic hydroxyl groups excluding tert-OH is 1. The number of ketones is 1. The van der Waals surface area contributed by atoms with E-state index in [2.05, 4.69) is 34.3 Å². The van der Waals surface area contributed by atoms with Crippen LogP contribution in [0.15, 0.2) is 6.07 Å². The van der Waals surface area contributed by atoms with E-state index in [0.29, 0.717) is 12.6 Å². The Hall–Kier alpha value is -1.17. The van der Waals surface area contributed by atoms with Crippen LogP contribution in [0, 0.1) is 13.8 Å². The van der Waals surface area contributed by atoms with Gasteiger partial charge in [0.05, 0.1) is 13.2 Å². The molecule has 1 aromatic heterocycles. The lowest BCUT2D eigenvalue weighted by Crippen LogP contribution is -2.48. The number of aryl methyl sites for hydroxylation is 1. The van der Waals surface area contributed by atoms with Gasteiger partial charge in [0.2, 0.25) is 0 Å². The summed E-state index contributed by atoms with van der Waals surface area (Å²) >= 11 is 0. The fourth-order valence-electron chi connectivity index (χ4n) is 3.55. The normalized spacial score (nSPS) is 20.5. The second-order valence-corrected chi connectivity index (χ2v) is 6.65. The first kappa shape index (κ1) is 15.7. The molecule has 1 aromatic rings. The molecule has 0 amide bonds. The van der Waals surface area contributed by atoms with Gasteiger partial charge in [-0.3, -0.25) is 14.6 Å². The lowest BCUT2D eigenvalue weighted by Gasteiger charge is -2.33. The van der Waals surface area contributed by atoms with Gasteiger partial charge in [0, 0.05) is 55.7 Å². The largest absolute Gasteiger partial charge is 0.395 e. The molecule has 1 saturated heterocycles. The highest BCUT2D eigenvalue weighted by Crippen LogP contribution is 2.38. The van der Waals surface area contributed by atoms with Gasteiger partial charge in [-0.25, -0.2) is 0 Å². The number of carbonyl (C=O) groups is 1. The Balaban J connectivity index is 1.60. The van der Waals surface area contributed by atoms with E-state index in [-0.39, 0.29) is 12.4 Å². The highest BCUT2D eigenvalue weighted by atomic mass is 16.3. The molecule has 122 valence electrons. The summed E-state index contributed by atoms with van der Waals surface area (Å²) in [4.78, 5) is 17.1. The van der Waals surface area contributed by atoms with Crippen LogP contribution in [0.25, 0.3) is 0 Å². The van der Waals surface area contributed by atoms with Crippen molar-refractivity contribution >= 4 is 5.78 Å². The van der Waals surface area contributed by atoms with Crippen LogP contribution in [0.2, 0.25) is 0 Å². The van der Waals surface area contributed by atoms with Crippen LogP contribution in [-0.4, -0.2) is 71.1 Å². The second kappa shape index (κ2) is 6.52. The minimum absolute atomic E-state index is 0.214. The predicted octanol–water partition coefficient (Wildman–Crippen LogP) is 1.23. The molecule has 5 heteroatoms. The molecule has 0 aromatic carbocycles. The average Bonchev–Trinajstić information content (AvgIpc) is 3.27. The van der Waals surface area contributed by atoms with Crippen molar-refractivity contribution in [1.29, 1.82) is 0 Å². The standard InChI is InChI=1S/C17H27N3O2/c1-13-11-16(14(2)20(13)15-3-4-15)17(22)12-19-7-5-18(6-8-19)9-10-21/h11,15,21H,3-10,12H2,1-2H3. The summed E-state index contributed by atoms with van der Waals surface area (Å²) in [6.45, 7) is 9.36. The zero-order valence-corrected chi connectivity index (χ0v) is 13.7. The van der Waals surface area contributed by atoms with Crippen LogP contribution < -0.4 is 0 Å². The first-order valence-electron chi connectivity index (χ1n) is 8.37. The Labute approximate surface area is 132 Å². The lowest BCUT2D eigenvalue weighted by molar-refractivity contribution is 0.0822. The van der Waals surface area contributed by atoms with Crippen molar-refractivity contribution in [3.8, 4) is 0 Å². The average molecular weight is 305 g/mol. The molecule has 2 heterocycles. The molecule has 3 rings (SSSR count). The van der Waals surface area contributed by atoms with Gasteiger partial charge < -0.3 is 9.67 Å². The maximum absolute atomic E-state index is 12.6. The van der Waals surface area contributed by atoms with Gasteiger partial charge in [-0.05, 0) is 32.8 Å². The minimum Gasteiger partial charge on any atom is -0.395 e. The van der Waals surface area contributed by atoms with Crippen molar-refractivity contribution in [2.45, 2.75) is 32.7 Å². The van der Waals surface area contributed by atoms with E-state index in [9.17, 15) is 4.79 Å². The number of Topliss-reactive ketones (excluding diaryl/α,β-unsaturated/α-hetero) is 1. The molecule has 1 N–H and O–H groups in total. The highest BCUT2D eigenvalue weighted by molar-refractivity contribution is 5.99. The zero-order valence-electron chi connectivity index (χ0n) is 13.7. The van der Waals surface area contributed by atoms with E-state index in [1.165, 1.54) is 18.5 Å². The summed E-state index contributed by atoms with van der Waals surface area (Å²) in [5.41, 5.74) is 3.27. The Morgan fingerprint density at radius 1 is 1.18 bits per heavy atom. The number of carbonyl (C=O) groups excluding carboxylic acids is 1. The third-order valence-corrected chi connectivity index (χ3v) is 4.95. The summed E-state index contributed by atoms with van der Waals surface area (Å²) in [6.07, 6.45) is 2.49. The number of piperazine rings is 1. The van der Waals surface area contributed by atoms with Crippen molar-refractivity contribution in [1.82, 2.24) is 14.4 Å². The molecule has 0 unspecified atom stereocenters. The number of hydrogen-bond acceptors (Lipinski definition) is 4. The lowest BCUT2D eigenvalue weighted by atomic mass is 10.1. The van der Waals surface area contributed by atoms with Crippen molar-refractivity contribution in [2.75, 3.05) is 45.9 Å². The number of aliphatic hydroxyl groups is 1. The third-order valence-electron chi connectivity index (χ3n) is 4.95. The summed E-state index contributed by atoms with van der Waals surface area (Å²) < 4.78 is 2.34. The molecule has 1 saturated carbocycles. The summed E-state index contributed by atoms with van der Waals surface area (Å²) in [5, 5.41) is 8.98. The van der Waals surface area contributed by atoms with Crippen LogP contribution >= 0.6 is 0 Å². The first-order valence-corrected chi connectivity index (χ1v) is 8.37. The number of aromatic nitrogens is 1. The Morgan fingerprint density at radius 3 is 2.41 bits per heavy atom. The zero-order chi connectivity index (χ0) is 15.7. The minimum atomic E-state index is 0.214. The second-order valence-electron chi connectivity index (χ2n) is 6.65. The number of rotatable bonds is 6. The molecule has 22 heavy (non-hydrogen) atoms. The van der Waals surface area contributed by atoms with Gasteiger partial charge in [0.1, 0.15) is 0 Å². The van der Waals surface area contributed by atoms with E-state index < -0.39 is 0 Å². The molecular formula is C17H27N3O2. The van der Waals surface area contributed by atoms with Crippen molar-refractivity contribution in [3.63, 3.8) is 0 Å². The Kier molecular flexibility index (Phi) is 4.66. The predicted molar refractivity (Wildman–Crippen MR) is 86.5 cm³/mol. The molecule has 0 bridgehead atoms. The summed E-state index contributed by atoms with van der Waals surface area (Å²) in [7, 11) is 0. The van der Waals surface area contributed by atoms with Crippen molar-refractivity contribution in [2.24, 2.45) is 0 Å². The van der Waals surface area contributed by atoms with Gasteiger partial charge >= 0.3 is 0 Å². The van der Waals surface area contributed by atoms with E-state index in [4.69, 9.17) is 5.11 Å². The molecule has 2 fully saturated rings. The number of β-amino-alcohol motifs (C(OH)–C–C–N with tert-alkyl or cyclic N) is 1. The molecule has 5 nitrogen and oxygen atoms in total. The Bertz CT molecular complexity index is 540. The van der Waals surface area contributed by atoms with Crippen LogP contribution in [-0.2, 0) is 0 Å². The molecule has 0 radical (unpaired) electrons. The molecular weight excluding hydrogens is 278 g/mol. The van der Waals surface area contributed by atoms with Gasteiger partial charge in [-0.2, -0.15) is 0 Å². The fourth-order valence-corrected chi connectivity index (χ4v) is 3.55. The van der Waals surface area contributed by atoms with E-state index >= 15 is 0 Å². The molecule has 0 spiro atoms. The van der Waals surface area contributed by atoms with Crippen LogP contribution in [0.4, 0.5) is 0 Å². The van der Waals surface area contributed by atoms with Crippen LogP contribution in [0.1, 0.15) is 40.6 Å². The molecule has 1 aliphatic carbocycles. The number of nitrogens with zero attached hydrogens (tertiary/aromatic N) is 3. The summed E-state index contributed by atoms with van der Waals surface area (Å²) in [5.74, 6) is 0.246. The maximum Gasteiger partial charge on any atom is 0.178 e. The molecule has 1 aliphatic heterocycles. The van der Waals surface area contributed by atoms with Crippen LogP contribution in [0.5, 0.6) is 0 Å². The first-order chi connectivity index (χ1) is 10.6. The Morgan fingerprint density at radius 2 is 1.82 bits per heavy atom. The number of hydrogen-bond donors (Lipinski definition) is 1. The van der Waals surface area contributed by atoms with Crippen molar-refractivity contribution in [3.05, 3.63) is 23.0 Å². The monoisotopic (exact) mass is 305 g/mol. The van der Waals surface area contributed by atoms with Gasteiger partial charge in [-0.15, -0.1) is 0 Å². The molecule has 0 atom stereocenters. The van der Waals surface area contributed by atoms with Gasteiger partial charge in [0.15, 0.2) is 5.78 Å². The van der Waals surface area contributed by atoms with Gasteiger partial charge in [-0.1, -0.05) is 0 Å². The SMILES string of the molecule is Cc1cc(C(=O)CN2CCN(CCO)CC2)c(C)n1C1CC1. The van der Waals surface area contributed by atoms with Crippen LogP contribution in [0.3, 0.4) is 0 Å². The third kappa shape index (κ3) is 3.26. The van der Waals surface area contributed by atoms with E-state index in [1.54, 1.807) is 0 Å². The molecule has 2 aliphatic rings. The highest BCUT2D eigenvalue weighted by Gasteiger charge is 2.29. The smallest absolute Gasteiger partial charge is 0.178 e. The fraction of sp³-hybridized carbons (Fsp3) is 0.706. The van der Waals surface area contributed by atoms with Crippen molar-refractivity contribution < 1.29 is 9.90 Å². The topological polar surface area (TPSA) is 48.7 Å². The van der Waals surface area contributed by atoms with E-state index in [1.807, 2.05) is 0 Å².